The normalized spacial score (nSPS) is 13.3. The van der Waals surface area contributed by atoms with Gasteiger partial charge in [-0.05, 0) is 41.8 Å². The predicted octanol–water partition coefficient (Wildman–Crippen LogP) is 4.23. The van der Waals surface area contributed by atoms with E-state index in [-0.39, 0.29) is 12.3 Å². The molecule has 2 atom stereocenters. The minimum absolute atomic E-state index is 0.0495. The molecule has 2 N–H and O–H groups in total. The van der Waals surface area contributed by atoms with Crippen LogP contribution in [0.25, 0.3) is 0 Å². The zero-order valence-corrected chi connectivity index (χ0v) is 14.7. The average Bonchev–Trinajstić information content (AvgIpc) is 2.60. The van der Waals surface area contributed by atoms with Crippen LogP contribution < -0.4 is 5.48 Å². The molecule has 6 heteroatoms. The van der Waals surface area contributed by atoms with Crippen LogP contribution in [-0.2, 0) is 16.0 Å². The van der Waals surface area contributed by atoms with Gasteiger partial charge >= 0.3 is 0 Å². The maximum absolute atomic E-state index is 11.6. The zero-order valence-electron chi connectivity index (χ0n) is 13.2. The summed E-state index contributed by atoms with van der Waals surface area (Å²) in [5.74, 6) is -0.567. The Morgan fingerprint density at radius 3 is 2.12 bits per heavy atom. The van der Waals surface area contributed by atoms with Crippen molar-refractivity contribution in [2.45, 2.75) is 24.9 Å². The van der Waals surface area contributed by atoms with Crippen LogP contribution in [0.5, 0.6) is 0 Å². The first kappa shape index (κ1) is 18.7. The van der Waals surface area contributed by atoms with Crippen molar-refractivity contribution in [1.29, 1.82) is 0 Å². The Morgan fingerprint density at radius 2 is 1.62 bits per heavy atom. The van der Waals surface area contributed by atoms with Gasteiger partial charge in [-0.3, -0.25) is 10.0 Å². The molecular weight excluding hydrogens is 349 g/mol. The molecule has 0 saturated carbocycles. The highest BCUT2D eigenvalue weighted by Crippen LogP contribution is 2.29. The summed E-state index contributed by atoms with van der Waals surface area (Å²) in [5.41, 5.74) is 3.74. The molecule has 2 aromatic rings. The van der Waals surface area contributed by atoms with Crippen molar-refractivity contribution in [1.82, 2.24) is 5.48 Å². The van der Waals surface area contributed by atoms with Gasteiger partial charge in [-0.2, -0.15) is 0 Å². The molecule has 1 amide bonds. The molecule has 0 saturated heterocycles. The summed E-state index contributed by atoms with van der Waals surface area (Å²) in [7, 11) is 1.56. The lowest BCUT2D eigenvalue weighted by molar-refractivity contribution is -0.132. The topological polar surface area (TPSA) is 58.6 Å². The van der Waals surface area contributed by atoms with E-state index in [0.717, 1.165) is 11.1 Å². The van der Waals surface area contributed by atoms with Gasteiger partial charge in [-0.15, -0.1) is 0 Å². The van der Waals surface area contributed by atoms with Crippen molar-refractivity contribution in [2.24, 2.45) is 0 Å². The summed E-state index contributed by atoms with van der Waals surface area (Å²) in [6, 6.07) is 15.0. The second-order valence-electron chi connectivity index (χ2n) is 5.50. The van der Waals surface area contributed by atoms with E-state index in [9.17, 15) is 4.79 Å². The highest BCUT2D eigenvalue weighted by atomic mass is 35.5. The Balaban J connectivity index is 2.30. The van der Waals surface area contributed by atoms with Crippen LogP contribution in [0.2, 0.25) is 10.0 Å². The summed E-state index contributed by atoms with van der Waals surface area (Å²) in [5, 5.41) is 10.1. The Labute approximate surface area is 151 Å². The fourth-order valence-electron chi connectivity index (χ4n) is 2.67. The smallest absolute Gasteiger partial charge is 0.245 e. The highest BCUT2D eigenvalue weighted by molar-refractivity contribution is 6.30. The Morgan fingerprint density at radius 1 is 1.08 bits per heavy atom. The molecule has 4 nitrogen and oxygen atoms in total. The van der Waals surface area contributed by atoms with Gasteiger partial charge in [-0.25, -0.2) is 5.48 Å². The largest absolute Gasteiger partial charge is 0.380 e. The molecule has 0 aliphatic heterocycles. The molecule has 0 fully saturated rings. The maximum atomic E-state index is 11.6. The summed E-state index contributed by atoms with van der Waals surface area (Å²) in [4.78, 5) is 11.6. The summed E-state index contributed by atoms with van der Waals surface area (Å²) in [6.07, 6.45) is 0.318. The first-order valence-corrected chi connectivity index (χ1v) is 8.24. The number of benzene rings is 2. The standard InChI is InChI=1S/C18H19Cl2NO3/c1-24-17(11-18(22)21-23)16(13-4-8-15(20)9-5-13)10-12-2-6-14(19)7-3-12/h2-9,16-17,23H,10-11H2,1H3,(H,21,22)/t16-,17-/m1/s1. The Kier molecular flexibility index (Phi) is 7.06. The first-order chi connectivity index (χ1) is 11.5. The number of methoxy groups -OCH3 is 1. The number of carbonyl (C=O) groups excluding carboxylic acids is 1. The van der Waals surface area contributed by atoms with Gasteiger partial charge in [0.05, 0.1) is 12.5 Å². The molecule has 128 valence electrons. The fraction of sp³-hybridized carbons (Fsp3) is 0.278. The average molecular weight is 368 g/mol. The summed E-state index contributed by atoms with van der Waals surface area (Å²) >= 11 is 11.9. The molecule has 0 aliphatic rings. The Bertz CT molecular complexity index is 659. The molecule has 2 aromatic carbocycles. The molecule has 0 aliphatic carbocycles. The highest BCUT2D eigenvalue weighted by Gasteiger charge is 2.26. The van der Waals surface area contributed by atoms with E-state index in [1.165, 1.54) is 0 Å². The van der Waals surface area contributed by atoms with E-state index in [0.29, 0.717) is 16.5 Å². The SMILES string of the molecule is CO[C@H](CC(=O)NO)[C@H](Cc1ccc(Cl)cc1)c1ccc(Cl)cc1. The van der Waals surface area contributed by atoms with Gasteiger partial charge in [0, 0.05) is 23.1 Å². The van der Waals surface area contributed by atoms with Crippen molar-refractivity contribution in [3.8, 4) is 0 Å². The van der Waals surface area contributed by atoms with Crippen LogP contribution in [-0.4, -0.2) is 24.3 Å². The van der Waals surface area contributed by atoms with Crippen molar-refractivity contribution in [3.05, 3.63) is 69.7 Å². The van der Waals surface area contributed by atoms with Crippen molar-refractivity contribution in [2.75, 3.05) is 7.11 Å². The molecule has 0 heterocycles. The third-order valence-electron chi connectivity index (χ3n) is 3.93. The summed E-state index contributed by atoms with van der Waals surface area (Å²) < 4.78 is 5.53. The second-order valence-corrected chi connectivity index (χ2v) is 6.37. The van der Waals surface area contributed by atoms with Gasteiger partial charge in [-0.1, -0.05) is 47.5 Å². The fourth-order valence-corrected chi connectivity index (χ4v) is 2.92. The lowest BCUT2D eigenvalue weighted by Crippen LogP contribution is -2.31. The predicted molar refractivity (Wildman–Crippen MR) is 94.7 cm³/mol. The van der Waals surface area contributed by atoms with E-state index in [2.05, 4.69) is 0 Å². The third-order valence-corrected chi connectivity index (χ3v) is 4.43. The van der Waals surface area contributed by atoms with Crippen molar-refractivity contribution >= 4 is 29.1 Å². The number of halogens is 2. The van der Waals surface area contributed by atoms with E-state index >= 15 is 0 Å². The van der Waals surface area contributed by atoms with Gasteiger partial charge in [0.1, 0.15) is 0 Å². The number of hydroxylamine groups is 1. The molecule has 24 heavy (non-hydrogen) atoms. The van der Waals surface area contributed by atoms with E-state index in [4.69, 9.17) is 33.1 Å². The molecule has 0 spiro atoms. The van der Waals surface area contributed by atoms with Crippen molar-refractivity contribution < 1.29 is 14.7 Å². The number of ether oxygens (including phenoxy) is 1. The molecular formula is C18H19Cl2NO3. The lowest BCUT2D eigenvalue weighted by atomic mass is 9.86. The van der Waals surface area contributed by atoms with Crippen LogP contribution in [0.4, 0.5) is 0 Å². The lowest BCUT2D eigenvalue weighted by Gasteiger charge is -2.26. The number of amides is 1. The number of nitrogens with one attached hydrogen (secondary N) is 1. The third kappa shape index (κ3) is 5.21. The van der Waals surface area contributed by atoms with Crippen LogP contribution in [0.3, 0.4) is 0 Å². The van der Waals surface area contributed by atoms with Gasteiger partial charge in [0.25, 0.3) is 0 Å². The summed E-state index contributed by atoms with van der Waals surface area (Å²) in [6.45, 7) is 0. The monoisotopic (exact) mass is 367 g/mol. The van der Waals surface area contributed by atoms with E-state index in [1.807, 2.05) is 48.5 Å². The maximum Gasteiger partial charge on any atom is 0.245 e. The minimum Gasteiger partial charge on any atom is -0.380 e. The first-order valence-electron chi connectivity index (χ1n) is 7.49. The van der Waals surface area contributed by atoms with Gasteiger partial charge in [0.2, 0.25) is 5.91 Å². The van der Waals surface area contributed by atoms with Crippen LogP contribution in [0.1, 0.15) is 23.5 Å². The molecule has 2 rings (SSSR count). The van der Waals surface area contributed by atoms with Crippen LogP contribution in [0.15, 0.2) is 48.5 Å². The minimum atomic E-state index is -0.489. The second kappa shape index (κ2) is 9.04. The number of hydrogen-bond donors (Lipinski definition) is 2. The van der Waals surface area contributed by atoms with Crippen LogP contribution >= 0.6 is 23.2 Å². The molecule has 0 unspecified atom stereocenters. The van der Waals surface area contributed by atoms with E-state index < -0.39 is 12.0 Å². The van der Waals surface area contributed by atoms with Gasteiger partial charge < -0.3 is 4.74 Å². The number of carbonyl (C=O) groups is 1. The quantitative estimate of drug-likeness (QED) is 0.568. The van der Waals surface area contributed by atoms with E-state index in [1.54, 1.807) is 12.6 Å². The number of rotatable bonds is 7. The Hall–Kier alpha value is -1.59. The van der Waals surface area contributed by atoms with Crippen LogP contribution in [0, 0.1) is 0 Å². The van der Waals surface area contributed by atoms with Crippen molar-refractivity contribution in [3.63, 3.8) is 0 Å². The van der Waals surface area contributed by atoms with Gasteiger partial charge in [0.15, 0.2) is 0 Å². The molecule has 0 radical (unpaired) electrons. The molecule has 0 aromatic heterocycles. The zero-order chi connectivity index (χ0) is 17.5. The molecule has 0 bridgehead atoms. The number of hydrogen-bond acceptors (Lipinski definition) is 3.